The highest BCUT2D eigenvalue weighted by atomic mass is 32.2. The molecule has 1 aromatic rings. The number of nitrogens with one attached hydrogen (secondary N) is 1. The van der Waals surface area contributed by atoms with Crippen molar-refractivity contribution >= 4 is 26.1 Å². The number of benzene rings is 1. The fourth-order valence-corrected chi connectivity index (χ4v) is 3.40. The van der Waals surface area contributed by atoms with E-state index < -0.39 is 25.9 Å². The number of hydrogen-bond acceptors (Lipinski definition) is 5. The van der Waals surface area contributed by atoms with E-state index in [0.29, 0.717) is 5.56 Å². The Kier molecular flexibility index (Phi) is 4.74. The molecule has 0 aromatic heterocycles. The van der Waals surface area contributed by atoms with Gasteiger partial charge in [0.25, 0.3) is 6.08 Å². The molecule has 1 N–H and O–H groups in total. The maximum atomic E-state index is 11.6. The predicted molar refractivity (Wildman–Crippen MR) is 64.1 cm³/mol. The maximum Gasteiger partial charge on any atom is 0.331 e. The SMILES string of the molecule is O=C=NS(=O)(=O)NCS(=O)(=O)Cc1ccccc1. The Labute approximate surface area is 105 Å². The van der Waals surface area contributed by atoms with Crippen molar-refractivity contribution in [2.24, 2.45) is 4.40 Å². The smallest absolute Gasteiger partial charge is 0.227 e. The Hall–Kier alpha value is -1.54. The largest absolute Gasteiger partial charge is 0.331 e. The van der Waals surface area contributed by atoms with Gasteiger partial charge in [0.1, 0.15) is 5.88 Å². The molecule has 0 radical (unpaired) electrons. The molecule has 9 heteroatoms. The van der Waals surface area contributed by atoms with Crippen LogP contribution >= 0.6 is 0 Å². The Bertz CT molecular complexity index is 645. The van der Waals surface area contributed by atoms with Crippen molar-refractivity contribution in [1.82, 2.24) is 4.72 Å². The highest BCUT2D eigenvalue weighted by Gasteiger charge is 2.16. The van der Waals surface area contributed by atoms with Crippen molar-refractivity contribution in [1.29, 1.82) is 0 Å². The van der Waals surface area contributed by atoms with Gasteiger partial charge in [-0.1, -0.05) is 34.7 Å². The first-order valence-electron chi connectivity index (χ1n) is 4.68. The molecule has 0 spiro atoms. The summed E-state index contributed by atoms with van der Waals surface area (Å²) in [5.41, 5.74) is 0.538. The lowest BCUT2D eigenvalue weighted by molar-refractivity contribution is 0.561. The molecule has 0 fully saturated rings. The molecule has 0 unspecified atom stereocenters. The molecular formula is C9H10N2O5S2. The average molecular weight is 290 g/mol. The molecule has 0 amide bonds. The van der Waals surface area contributed by atoms with Crippen LogP contribution in [0, 0.1) is 0 Å². The van der Waals surface area contributed by atoms with Gasteiger partial charge in [0.2, 0.25) is 0 Å². The molecule has 18 heavy (non-hydrogen) atoms. The molecule has 0 aliphatic rings. The minimum Gasteiger partial charge on any atom is -0.227 e. The van der Waals surface area contributed by atoms with Crippen LogP contribution in [0.25, 0.3) is 0 Å². The summed E-state index contributed by atoms with van der Waals surface area (Å²) in [6, 6.07) is 8.29. The number of hydrogen-bond donors (Lipinski definition) is 1. The molecule has 1 rings (SSSR count). The molecular weight excluding hydrogens is 280 g/mol. The van der Waals surface area contributed by atoms with Gasteiger partial charge >= 0.3 is 10.2 Å². The average Bonchev–Trinajstić information content (AvgIpc) is 2.28. The Morgan fingerprint density at radius 1 is 1.11 bits per heavy atom. The third-order valence-corrected chi connectivity index (χ3v) is 4.21. The van der Waals surface area contributed by atoms with Gasteiger partial charge in [0, 0.05) is 0 Å². The monoisotopic (exact) mass is 290 g/mol. The van der Waals surface area contributed by atoms with Crippen molar-refractivity contribution in [2.75, 3.05) is 5.88 Å². The summed E-state index contributed by atoms with van der Waals surface area (Å²) in [7, 11) is -7.95. The van der Waals surface area contributed by atoms with Crippen LogP contribution in [0.5, 0.6) is 0 Å². The Morgan fingerprint density at radius 3 is 2.28 bits per heavy atom. The van der Waals surface area contributed by atoms with Crippen LogP contribution in [0.15, 0.2) is 34.7 Å². The number of sulfone groups is 1. The number of isocyanates is 1. The summed E-state index contributed by atoms with van der Waals surface area (Å²) < 4.78 is 49.2. The van der Waals surface area contributed by atoms with E-state index in [-0.39, 0.29) is 5.75 Å². The topological polar surface area (TPSA) is 110 Å². The van der Waals surface area contributed by atoms with Crippen LogP contribution in [0.4, 0.5) is 0 Å². The molecule has 0 atom stereocenters. The summed E-state index contributed by atoms with van der Waals surface area (Å²) >= 11 is 0. The predicted octanol–water partition coefficient (Wildman–Crippen LogP) is -0.271. The van der Waals surface area contributed by atoms with E-state index >= 15 is 0 Å². The highest BCUT2D eigenvalue weighted by molar-refractivity contribution is 7.93. The lowest BCUT2D eigenvalue weighted by Crippen LogP contribution is -2.28. The van der Waals surface area contributed by atoms with Crippen LogP contribution in [-0.2, 0) is 30.6 Å². The molecule has 7 nitrogen and oxygen atoms in total. The zero-order valence-corrected chi connectivity index (χ0v) is 10.7. The van der Waals surface area contributed by atoms with Crippen molar-refractivity contribution in [2.45, 2.75) is 5.75 Å². The summed E-state index contributed by atoms with van der Waals surface area (Å²) in [5.74, 6) is -1.13. The van der Waals surface area contributed by atoms with Gasteiger partial charge in [-0.05, 0) is 5.56 Å². The third-order valence-electron chi connectivity index (χ3n) is 1.85. The van der Waals surface area contributed by atoms with Crippen molar-refractivity contribution in [3.8, 4) is 0 Å². The fraction of sp³-hybridized carbons (Fsp3) is 0.222. The number of rotatable bonds is 6. The fourth-order valence-electron chi connectivity index (χ4n) is 1.12. The van der Waals surface area contributed by atoms with Gasteiger partial charge in [0.05, 0.1) is 5.75 Å². The first-order valence-corrected chi connectivity index (χ1v) is 7.94. The second-order valence-corrected chi connectivity index (χ2v) is 6.81. The van der Waals surface area contributed by atoms with Crippen molar-refractivity contribution < 1.29 is 21.6 Å². The molecule has 1 aromatic carbocycles. The minimum absolute atomic E-state index is 0.304. The molecule has 98 valence electrons. The van der Waals surface area contributed by atoms with E-state index in [2.05, 4.69) is 4.40 Å². The standard InChI is InChI=1S/C9H10N2O5S2/c12-7-10-18(15,16)11-8-17(13,14)6-9-4-2-1-3-5-9/h1-5,11H,6,8H2. The Morgan fingerprint density at radius 2 is 1.72 bits per heavy atom. The summed E-state index contributed by atoms with van der Waals surface area (Å²) in [6.07, 6.45) is 0.824. The quantitative estimate of drug-likeness (QED) is 0.573. The minimum atomic E-state index is -4.28. The number of carbonyl (C=O) groups excluding carboxylic acids is 1. The van der Waals surface area contributed by atoms with Crippen LogP contribution in [0.1, 0.15) is 5.56 Å². The highest BCUT2D eigenvalue weighted by Crippen LogP contribution is 2.05. The van der Waals surface area contributed by atoms with E-state index in [1.807, 2.05) is 0 Å². The van der Waals surface area contributed by atoms with Crippen LogP contribution in [-0.4, -0.2) is 28.8 Å². The summed E-state index contributed by atoms with van der Waals surface area (Å²) in [4.78, 5) is 9.78. The van der Waals surface area contributed by atoms with E-state index in [1.54, 1.807) is 35.1 Å². The van der Waals surface area contributed by atoms with Crippen molar-refractivity contribution in [3.05, 3.63) is 35.9 Å². The van der Waals surface area contributed by atoms with E-state index in [0.717, 1.165) is 6.08 Å². The van der Waals surface area contributed by atoms with Crippen LogP contribution < -0.4 is 4.72 Å². The van der Waals surface area contributed by atoms with E-state index in [9.17, 15) is 21.6 Å². The summed E-state index contributed by atoms with van der Waals surface area (Å²) in [6.45, 7) is 0. The number of nitrogens with zero attached hydrogens (tertiary/aromatic N) is 1. The maximum absolute atomic E-state index is 11.6. The second-order valence-electron chi connectivity index (χ2n) is 3.32. The van der Waals surface area contributed by atoms with Crippen LogP contribution in [0.2, 0.25) is 0 Å². The molecule has 0 saturated carbocycles. The van der Waals surface area contributed by atoms with Gasteiger partial charge in [0.15, 0.2) is 9.84 Å². The zero-order chi connectivity index (χ0) is 13.6. The van der Waals surface area contributed by atoms with Crippen LogP contribution in [0.3, 0.4) is 0 Å². The van der Waals surface area contributed by atoms with E-state index in [1.165, 1.54) is 0 Å². The first-order chi connectivity index (χ1) is 8.35. The first kappa shape index (κ1) is 14.5. The van der Waals surface area contributed by atoms with Gasteiger partial charge in [-0.25, -0.2) is 13.2 Å². The van der Waals surface area contributed by atoms with Crippen molar-refractivity contribution in [3.63, 3.8) is 0 Å². The molecule has 0 heterocycles. The van der Waals surface area contributed by atoms with E-state index in [4.69, 9.17) is 0 Å². The second kappa shape index (κ2) is 5.87. The van der Waals surface area contributed by atoms with Gasteiger partial charge in [-0.2, -0.15) is 13.1 Å². The summed E-state index contributed by atoms with van der Waals surface area (Å²) in [5, 5.41) is 0. The molecule has 0 saturated heterocycles. The van der Waals surface area contributed by atoms with Gasteiger partial charge < -0.3 is 0 Å². The zero-order valence-electron chi connectivity index (χ0n) is 9.11. The molecule has 0 aliphatic heterocycles. The third kappa shape index (κ3) is 5.19. The van der Waals surface area contributed by atoms with Gasteiger partial charge in [-0.3, -0.25) is 0 Å². The normalized spacial score (nSPS) is 11.8. The lowest BCUT2D eigenvalue weighted by Gasteiger charge is -2.04. The van der Waals surface area contributed by atoms with Gasteiger partial charge in [-0.15, -0.1) is 0 Å². The molecule has 0 bridgehead atoms. The molecule has 0 aliphatic carbocycles. The lowest BCUT2D eigenvalue weighted by atomic mass is 10.2. The Balaban J connectivity index is 2.70.